The van der Waals surface area contributed by atoms with Crippen LogP contribution in [-0.4, -0.2) is 16.9 Å². The average molecular weight is 323 g/mol. The van der Waals surface area contributed by atoms with Gasteiger partial charge in [0.25, 0.3) is 5.91 Å². The Labute approximate surface area is 143 Å². The molecule has 0 bridgehead atoms. The number of amides is 1. The van der Waals surface area contributed by atoms with E-state index in [1.807, 2.05) is 6.07 Å². The lowest BCUT2D eigenvalue weighted by molar-refractivity contribution is 0.0922. The van der Waals surface area contributed by atoms with Crippen LogP contribution in [0.15, 0.2) is 36.5 Å². The van der Waals surface area contributed by atoms with Gasteiger partial charge in [0, 0.05) is 11.7 Å². The van der Waals surface area contributed by atoms with Gasteiger partial charge in [-0.25, -0.2) is 4.98 Å². The van der Waals surface area contributed by atoms with Gasteiger partial charge in [-0.15, -0.1) is 0 Å². The highest BCUT2D eigenvalue weighted by atomic mass is 16.1. The van der Waals surface area contributed by atoms with Gasteiger partial charge < -0.3 is 10.6 Å². The Kier molecular flexibility index (Phi) is 5.14. The Hall–Kier alpha value is -2.36. The van der Waals surface area contributed by atoms with Gasteiger partial charge in [-0.3, -0.25) is 4.79 Å². The molecule has 1 aromatic heterocycles. The number of carbonyl (C=O) groups excluding carboxylic acids is 1. The lowest BCUT2D eigenvalue weighted by Crippen LogP contribution is -2.36. The van der Waals surface area contributed by atoms with E-state index in [0.29, 0.717) is 11.7 Å². The molecule has 1 aromatic carbocycles. The summed E-state index contributed by atoms with van der Waals surface area (Å²) in [7, 11) is 0. The first-order valence-corrected chi connectivity index (χ1v) is 8.72. The highest BCUT2D eigenvalue weighted by Crippen LogP contribution is 2.20. The van der Waals surface area contributed by atoms with Crippen LogP contribution in [0.5, 0.6) is 0 Å². The number of hydrogen-bond acceptors (Lipinski definition) is 3. The van der Waals surface area contributed by atoms with Gasteiger partial charge >= 0.3 is 0 Å². The zero-order valence-electron chi connectivity index (χ0n) is 14.4. The monoisotopic (exact) mass is 323 g/mol. The zero-order chi connectivity index (χ0) is 16.9. The molecule has 1 heterocycles. The number of aromatic nitrogens is 1. The number of benzene rings is 1. The van der Waals surface area contributed by atoms with Crippen LogP contribution < -0.4 is 10.6 Å². The van der Waals surface area contributed by atoms with Crippen molar-refractivity contribution in [2.24, 2.45) is 0 Å². The number of carbonyl (C=O) groups is 1. The Morgan fingerprint density at radius 2 is 1.71 bits per heavy atom. The number of nitrogens with zero attached hydrogens (tertiary/aromatic N) is 1. The van der Waals surface area contributed by atoms with Crippen molar-refractivity contribution < 1.29 is 4.79 Å². The van der Waals surface area contributed by atoms with Crippen molar-refractivity contribution in [3.8, 4) is 0 Å². The first kappa shape index (κ1) is 16.5. The third kappa shape index (κ3) is 4.34. The van der Waals surface area contributed by atoms with Crippen molar-refractivity contribution in [2.45, 2.75) is 52.0 Å². The fourth-order valence-electron chi connectivity index (χ4n) is 3.32. The lowest BCUT2D eigenvalue weighted by Gasteiger charge is -2.22. The van der Waals surface area contributed by atoms with Gasteiger partial charge in [-0.1, -0.05) is 25.3 Å². The maximum Gasteiger partial charge on any atom is 0.270 e. The van der Waals surface area contributed by atoms with Gasteiger partial charge in [0.1, 0.15) is 5.69 Å². The average Bonchev–Trinajstić information content (AvgIpc) is 2.55. The summed E-state index contributed by atoms with van der Waals surface area (Å²) in [5, 5.41) is 6.44. The maximum absolute atomic E-state index is 12.3. The molecular formula is C20H25N3O. The Balaban J connectivity index is 1.63. The molecule has 1 fully saturated rings. The highest BCUT2D eigenvalue weighted by molar-refractivity contribution is 5.92. The van der Waals surface area contributed by atoms with Crippen molar-refractivity contribution >= 4 is 17.3 Å². The molecule has 0 unspecified atom stereocenters. The fourth-order valence-corrected chi connectivity index (χ4v) is 3.32. The van der Waals surface area contributed by atoms with Crippen molar-refractivity contribution in [1.29, 1.82) is 0 Å². The van der Waals surface area contributed by atoms with E-state index in [1.54, 1.807) is 12.3 Å². The third-order valence-electron chi connectivity index (χ3n) is 4.45. The molecule has 126 valence electrons. The SMILES string of the molecule is Cc1cc(C)cc(Nc2ccc(C(=O)NC3CCCCC3)nc2)c1. The summed E-state index contributed by atoms with van der Waals surface area (Å²) in [4.78, 5) is 16.6. The third-order valence-corrected chi connectivity index (χ3v) is 4.45. The molecule has 2 N–H and O–H groups in total. The minimum Gasteiger partial charge on any atom is -0.354 e. The van der Waals surface area contributed by atoms with Crippen LogP contribution in [0.2, 0.25) is 0 Å². The van der Waals surface area contributed by atoms with Crippen molar-refractivity contribution in [3.05, 3.63) is 53.3 Å². The van der Waals surface area contributed by atoms with E-state index in [9.17, 15) is 4.79 Å². The summed E-state index contributed by atoms with van der Waals surface area (Å²) in [5.41, 5.74) is 4.83. The van der Waals surface area contributed by atoms with Gasteiger partial charge in [-0.05, 0) is 62.1 Å². The van der Waals surface area contributed by atoms with Crippen LogP contribution in [0.25, 0.3) is 0 Å². The first-order chi connectivity index (χ1) is 11.6. The van der Waals surface area contributed by atoms with Crippen LogP contribution in [0.3, 0.4) is 0 Å². The quantitative estimate of drug-likeness (QED) is 0.870. The fraction of sp³-hybridized carbons (Fsp3) is 0.400. The molecule has 0 radical (unpaired) electrons. The number of pyridine rings is 1. The van der Waals surface area contributed by atoms with Crippen LogP contribution in [0.1, 0.15) is 53.7 Å². The van der Waals surface area contributed by atoms with Gasteiger partial charge in [-0.2, -0.15) is 0 Å². The summed E-state index contributed by atoms with van der Waals surface area (Å²) >= 11 is 0. The normalized spacial score (nSPS) is 15.1. The van der Waals surface area contributed by atoms with Gasteiger partial charge in [0.15, 0.2) is 0 Å². The van der Waals surface area contributed by atoms with Gasteiger partial charge in [0.05, 0.1) is 11.9 Å². The van der Waals surface area contributed by atoms with Crippen molar-refractivity contribution in [1.82, 2.24) is 10.3 Å². The van der Waals surface area contributed by atoms with E-state index in [2.05, 4.69) is 47.7 Å². The topological polar surface area (TPSA) is 54.0 Å². The summed E-state index contributed by atoms with van der Waals surface area (Å²) in [6.45, 7) is 4.16. The van der Waals surface area contributed by atoms with Crippen LogP contribution in [0, 0.1) is 13.8 Å². The summed E-state index contributed by atoms with van der Waals surface area (Å²) in [5.74, 6) is -0.0696. The largest absolute Gasteiger partial charge is 0.354 e. The molecule has 2 aromatic rings. The van der Waals surface area contributed by atoms with Crippen LogP contribution in [0.4, 0.5) is 11.4 Å². The van der Waals surface area contributed by atoms with E-state index in [0.717, 1.165) is 24.2 Å². The molecule has 24 heavy (non-hydrogen) atoms. The van der Waals surface area contributed by atoms with Crippen LogP contribution in [-0.2, 0) is 0 Å². The second-order valence-electron chi connectivity index (χ2n) is 6.74. The minimum atomic E-state index is -0.0696. The molecule has 1 aliphatic rings. The number of hydrogen-bond donors (Lipinski definition) is 2. The molecule has 3 rings (SSSR count). The van der Waals surface area contributed by atoms with E-state index in [-0.39, 0.29) is 5.91 Å². The number of aryl methyl sites for hydroxylation is 2. The van der Waals surface area contributed by atoms with Crippen molar-refractivity contribution in [2.75, 3.05) is 5.32 Å². The molecule has 0 spiro atoms. The smallest absolute Gasteiger partial charge is 0.270 e. The lowest BCUT2D eigenvalue weighted by atomic mass is 9.95. The van der Waals surface area contributed by atoms with E-state index in [4.69, 9.17) is 0 Å². The maximum atomic E-state index is 12.3. The standard InChI is InChI=1S/C20H25N3O/c1-14-10-15(2)12-18(11-14)22-17-8-9-19(21-13-17)20(24)23-16-6-4-3-5-7-16/h8-13,16,22H,3-7H2,1-2H3,(H,23,24). The summed E-state index contributed by atoms with van der Waals surface area (Å²) < 4.78 is 0. The van der Waals surface area contributed by atoms with Crippen LogP contribution >= 0.6 is 0 Å². The Bertz CT molecular complexity index is 683. The van der Waals surface area contributed by atoms with Crippen molar-refractivity contribution in [3.63, 3.8) is 0 Å². The van der Waals surface area contributed by atoms with E-state index >= 15 is 0 Å². The molecule has 0 aliphatic heterocycles. The molecule has 1 amide bonds. The van der Waals surface area contributed by atoms with Gasteiger partial charge in [0.2, 0.25) is 0 Å². The molecule has 0 atom stereocenters. The zero-order valence-corrected chi connectivity index (χ0v) is 14.4. The second kappa shape index (κ2) is 7.47. The Morgan fingerprint density at radius 1 is 1.00 bits per heavy atom. The predicted octanol–water partition coefficient (Wildman–Crippen LogP) is 4.50. The molecule has 1 aliphatic carbocycles. The Morgan fingerprint density at radius 3 is 2.33 bits per heavy atom. The molecule has 4 nitrogen and oxygen atoms in total. The molecule has 1 saturated carbocycles. The minimum absolute atomic E-state index is 0.0696. The summed E-state index contributed by atoms with van der Waals surface area (Å²) in [6, 6.07) is 10.3. The number of anilines is 2. The number of nitrogens with one attached hydrogen (secondary N) is 2. The number of rotatable bonds is 4. The van der Waals surface area contributed by atoms with E-state index in [1.165, 1.54) is 30.4 Å². The first-order valence-electron chi connectivity index (χ1n) is 8.72. The van der Waals surface area contributed by atoms with E-state index < -0.39 is 0 Å². The highest BCUT2D eigenvalue weighted by Gasteiger charge is 2.17. The predicted molar refractivity (Wildman–Crippen MR) is 97.8 cm³/mol. The second-order valence-corrected chi connectivity index (χ2v) is 6.74. The summed E-state index contributed by atoms with van der Waals surface area (Å²) in [6.07, 6.45) is 7.57. The molecule has 4 heteroatoms. The molecular weight excluding hydrogens is 298 g/mol. The molecule has 0 saturated heterocycles.